The molecule has 4 heteroatoms. The van der Waals surface area contributed by atoms with Gasteiger partial charge in [-0.3, -0.25) is 4.98 Å². The van der Waals surface area contributed by atoms with Crippen molar-refractivity contribution in [2.24, 2.45) is 10.7 Å². The molecule has 0 aliphatic rings. The first-order valence-corrected chi connectivity index (χ1v) is 5.75. The van der Waals surface area contributed by atoms with E-state index in [2.05, 4.69) is 9.98 Å². The summed E-state index contributed by atoms with van der Waals surface area (Å²) in [5, 5.41) is 0. The predicted octanol–water partition coefficient (Wildman–Crippen LogP) is 2.16. The smallest absolute Gasteiger partial charge is 0.196 e. The van der Waals surface area contributed by atoms with Crippen molar-refractivity contribution < 1.29 is 0 Å². The lowest BCUT2D eigenvalue weighted by Crippen LogP contribution is -2.33. The van der Waals surface area contributed by atoms with E-state index in [-0.39, 0.29) is 0 Å². The van der Waals surface area contributed by atoms with Crippen molar-refractivity contribution >= 4 is 11.6 Å². The van der Waals surface area contributed by atoms with Crippen molar-refractivity contribution in [2.75, 3.05) is 7.05 Å². The van der Waals surface area contributed by atoms with E-state index in [9.17, 15) is 0 Å². The Kier molecular flexibility index (Phi) is 3.91. The van der Waals surface area contributed by atoms with Gasteiger partial charge in [-0.1, -0.05) is 24.3 Å². The average molecular weight is 240 g/mol. The normalized spacial score (nSPS) is 11.3. The lowest BCUT2D eigenvalue weighted by Gasteiger charge is -2.17. The molecule has 0 atom stereocenters. The molecule has 0 unspecified atom stereocenters. The van der Waals surface area contributed by atoms with E-state index in [4.69, 9.17) is 5.73 Å². The number of nitrogens with two attached hydrogens (primary N) is 1. The van der Waals surface area contributed by atoms with Gasteiger partial charge in [0.25, 0.3) is 0 Å². The SMILES string of the molecule is CN(Cc1cccnc1)C(N)=Nc1ccccc1. The van der Waals surface area contributed by atoms with Gasteiger partial charge < -0.3 is 10.6 Å². The van der Waals surface area contributed by atoms with E-state index in [0.29, 0.717) is 12.5 Å². The Morgan fingerprint density at radius 3 is 2.67 bits per heavy atom. The molecule has 1 aromatic heterocycles. The zero-order valence-electron chi connectivity index (χ0n) is 10.3. The van der Waals surface area contributed by atoms with Crippen molar-refractivity contribution in [2.45, 2.75) is 6.54 Å². The molecule has 1 aromatic carbocycles. The second-order valence-corrected chi connectivity index (χ2v) is 4.02. The molecule has 92 valence electrons. The van der Waals surface area contributed by atoms with Crippen LogP contribution in [-0.4, -0.2) is 22.9 Å². The van der Waals surface area contributed by atoms with Crippen LogP contribution in [-0.2, 0) is 6.54 Å². The number of hydrogen-bond acceptors (Lipinski definition) is 2. The number of guanidine groups is 1. The molecule has 2 rings (SSSR count). The van der Waals surface area contributed by atoms with Gasteiger partial charge in [0.1, 0.15) is 0 Å². The van der Waals surface area contributed by atoms with Crippen LogP contribution in [0, 0.1) is 0 Å². The van der Waals surface area contributed by atoms with Gasteiger partial charge in [-0.25, -0.2) is 4.99 Å². The Bertz CT molecular complexity index is 508. The molecular formula is C14H16N4. The second kappa shape index (κ2) is 5.82. The maximum atomic E-state index is 5.95. The highest BCUT2D eigenvalue weighted by Crippen LogP contribution is 2.10. The summed E-state index contributed by atoms with van der Waals surface area (Å²) in [6, 6.07) is 13.6. The monoisotopic (exact) mass is 240 g/mol. The third kappa shape index (κ3) is 3.31. The summed E-state index contributed by atoms with van der Waals surface area (Å²) >= 11 is 0. The molecule has 0 fully saturated rings. The quantitative estimate of drug-likeness (QED) is 0.660. The van der Waals surface area contributed by atoms with Crippen molar-refractivity contribution in [3.63, 3.8) is 0 Å². The van der Waals surface area contributed by atoms with Gasteiger partial charge >= 0.3 is 0 Å². The van der Waals surface area contributed by atoms with Gasteiger partial charge in [0, 0.05) is 26.0 Å². The highest BCUT2D eigenvalue weighted by molar-refractivity contribution is 5.80. The van der Waals surface area contributed by atoms with Gasteiger partial charge in [0.2, 0.25) is 0 Å². The van der Waals surface area contributed by atoms with Crippen LogP contribution >= 0.6 is 0 Å². The van der Waals surface area contributed by atoms with Crippen LogP contribution in [0.2, 0.25) is 0 Å². The van der Waals surface area contributed by atoms with Crippen LogP contribution in [0.1, 0.15) is 5.56 Å². The molecule has 0 saturated heterocycles. The molecule has 0 radical (unpaired) electrons. The number of rotatable bonds is 3. The van der Waals surface area contributed by atoms with E-state index in [1.165, 1.54) is 0 Å². The molecule has 0 amide bonds. The lowest BCUT2D eigenvalue weighted by molar-refractivity contribution is 0.494. The largest absolute Gasteiger partial charge is 0.369 e. The molecule has 4 nitrogen and oxygen atoms in total. The topological polar surface area (TPSA) is 54.5 Å². The van der Waals surface area contributed by atoms with E-state index in [1.54, 1.807) is 6.20 Å². The molecule has 2 aromatic rings. The van der Waals surface area contributed by atoms with Crippen LogP contribution in [0.3, 0.4) is 0 Å². The summed E-state index contributed by atoms with van der Waals surface area (Å²) < 4.78 is 0. The van der Waals surface area contributed by atoms with E-state index in [1.807, 2.05) is 60.6 Å². The van der Waals surface area contributed by atoms with Crippen molar-refractivity contribution in [1.29, 1.82) is 0 Å². The standard InChI is InChI=1S/C14H16N4/c1-18(11-12-6-5-9-16-10-12)14(15)17-13-7-3-2-4-8-13/h2-10H,11H2,1H3,(H2,15,17). The summed E-state index contributed by atoms with van der Waals surface area (Å²) in [5.74, 6) is 0.491. The van der Waals surface area contributed by atoms with Crippen LogP contribution < -0.4 is 5.73 Å². The van der Waals surface area contributed by atoms with Crippen molar-refractivity contribution in [3.8, 4) is 0 Å². The molecular weight excluding hydrogens is 224 g/mol. The predicted molar refractivity (Wildman–Crippen MR) is 73.4 cm³/mol. The highest BCUT2D eigenvalue weighted by Gasteiger charge is 2.03. The Balaban J connectivity index is 2.05. The third-order valence-corrected chi connectivity index (χ3v) is 2.53. The van der Waals surface area contributed by atoms with Gasteiger partial charge in [-0.05, 0) is 23.8 Å². The van der Waals surface area contributed by atoms with Crippen LogP contribution in [0.4, 0.5) is 5.69 Å². The fourth-order valence-electron chi connectivity index (χ4n) is 1.57. The number of aliphatic imine (C=N–C) groups is 1. The van der Waals surface area contributed by atoms with E-state index >= 15 is 0 Å². The fourth-order valence-corrected chi connectivity index (χ4v) is 1.57. The minimum Gasteiger partial charge on any atom is -0.369 e. The first-order valence-electron chi connectivity index (χ1n) is 5.75. The third-order valence-electron chi connectivity index (χ3n) is 2.53. The molecule has 0 bridgehead atoms. The number of benzene rings is 1. The molecule has 0 aliphatic heterocycles. The van der Waals surface area contributed by atoms with E-state index < -0.39 is 0 Å². The molecule has 1 heterocycles. The van der Waals surface area contributed by atoms with E-state index in [0.717, 1.165) is 11.3 Å². The number of aromatic nitrogens is 1. The summed E-state index contributed by atoms with van der Waals surface area (Å²) in [6.07, 6.45) is 3.58. The van der Waals surface area contributed by atoms with Gasteiger partial charge in [0.05, 0.1) is 5.69 Å². The summed E-state index contributed by atoms with van der Waals surface area (Å²) in [6.45, 7) is 0.690. The Hall–Kier alpha value is -2.36. The first kappa shape index (κ1) is 12.1. The number of pyridine rings is 1. The number of nitrogens with zero attached hydrogens (tertiary/aromatic N) is 3. The van der Waals surface area contributed by atoms with Crippen molar-refractivity contribution in [1.82, 2.24) is 9.88 Å². The summed E-state index contributed by atoms with van der Waals surface area (Å²) in [7, 11) is 1.91. The zero-order valence-corrected chi connectivity index (χ0v) is 10.3. The van der Waals surface area contributed by atoms with Crippen molar-refractivity contribution in [3.05, 3.63) is 60.4 Å². The molecule has 0 aliphatic carbocycles. The van der Waals surface area contributed by atoms with Gasteiger partial charge in [-0.15, -0.1) is 0 Å². The Labute approximate surface area is 107 Å². The zero-order chi connectivity index (χ0) is 12.8. The minimum absolute atomic E-state index is 0.491. The molecule has 18 heavy (non-hydrogen) atoms. The van der Waals surface area contributed by atoms with Crippen LogP contribution in [0.15, 0.2) is 59.9 Å². The van der Waals surface area contributed by atoms with Crippen LogP contribution in [0.25, 0.3) is 0 Å². The summed E-state index contributed by atoms with van der Waals surface area (Å²) in [5.41, 5.74) is 7.91. The average Bonchev–Trinajstić information content (AvgIpc) is 2.41. The summed E-state index contributed by atoms with van der Waals surface area (Å²) in [4.78, 5) is 10.3. The maximum Gasteiger partial charge on any atom is 0.196 e. The number of para-hydroxylation sites is 1. The maximum absolute atomic E-state index is 5.95. The molecule has 2 N–H and O–H groups in total. The Morgan fingerprint density at radius 1 is 1.22 bits per heavy atom. The van der Waals surface area contributed by atoms with Gasteiger partial charge in [0.15, 0.2) is 5.96 Å². The second-order valence-electron chi connectivity index (χ2n) is 4.02. The molecule has 0 spiro atoms. The molecule has 0 saturated carbocycles. The van der Waals surface area contributed by atoms with Gasteiger partial charge in [-0.2, -0.15) is 0 Å². The first-order chi connectivity index (χ1) is 8.75. The minimum atomic E-state index is 0.491. The Morgan fingerprint density at radius 2 is 2.00 bits per heavy atom. The highest BCUT2D eigenvalue weighted by atomic mass is 15.2. The lowest BCUT2D eigenvalue weighted by atomic mass is 10.3. The van der Waals surface area contributed by atoms with Crippen LogP contribution in [0.5, 0.6) is 0 Å². The fraction of sp³-hybridized carbons (Fsp3) is 0.143. The number of hydrogen-bond donors (Lipinski definition) is 1.